The SMILES string of the molecule is Cc1ccccc1-c1ccc(N2CCC(N(C)C)C2)cc1. The van der Waals surface area contributed by atoms with Crippen molar-refractivity contribution in [2.45, 2.75) is 19.4 Å². The Morgan fingerprint density at radius 3 is 2.33 bits per heavy atom. The normalized spacial score (nSPS) is 18.5. The number of aryl methyl sites for hydroxylation is 1. The minimum atomic E-state index is 0.682. The lowest BCUT2D eigenvalue weighted by molar-refractivity contribution is 0.315. The molecule has 1 unspecified atom stereocenters. The van der Waals surface area contributed by atoms with Crippen molar-refractivity contribution in [1.29, 1.82) is 0 Å². The zero-order valence-electron chi connectivity index (χ0n) is 13.2. The molecule has 3 rings (SSSR count). The van der Waals surface area contributed by atoms with E-state index in [0.29, 0.717) is 6.04 Å². The molecule has 2 nitrogen and oxygen atoms in total. The largest absolute Gasteiger partial charge is 0.370 e. The van der Waals surface area contributed by atoms with Gasteiger partial charge in [0.15, 0.2) is 0 Å². The summed E-state index contributed by atoms with van der Waals surface area (Å²) in [7, 11) is 4.35. The van der Waals surface area contributed by atoms with Crippen LogP contribution in [-0.4, -0.2) is 38.1 Å². The summed E-state index contributed by atoms with van der Waals surface area (Å²) in [6.07, 6.45) is 1.26. The van der Waals surface area contributed by atoms with E-state index in [0.717, 1.165) is 13.1 Å². The maximum Gasteiger partial charge on any atom is 0.0367 e. The molecule has 0 aromatic heterocycles. The van der Waals surface area contributed by atoms with Gasteiger partial charge < -0.3 is 9.80 Å². The summed E-state index contributed by atoms with van der Waals surface area (Å²) in [5.74, 6) is 0. The molecule has 1 aliphatic heterocycles. The number of hydrogen-bond acceptors (Lipinski definition) is 2. The molecule has 0 amide bonds. The van der Waals surface area contributed by atoms with Crippen LogP contribution < -0.4 is 4.90 Å². The van der Waals surface area contributed by atoms with Crippen LogP contribution >= 0.6 is 0 Å². The van der Waals surface area contributed by atoms with E-state index in [1.54, 1.807) is 0 Å². The van der Waals surface area contributed by atoms with Gasteiger partial charge in [0.05, 0.1) is 0 Å². The molecule has 1 aliphatic rings. The molecule has 0 radical (unpaired) electrons. The first-order valence-corrected chi connectivity index (χ1v) is 7.72. The van der Waals surface area contributed by atoms with Crippen molar-refractivity contribution < 1.29 is 0 Å². The lowest BCUT2D eigenvalue weighted by atomic mass is 10.0. The molecule has 0 N–H and O–H groups in total. The van der Waals surface area contributed by atoms with E-state index < -0.39 is 0 Å². The Morgan fingerprint density at radius 2 is 1.71 bits per heavy atom. The van der Waals surface area contributed by atoms with E-state index in [-0.39, 0.29) is 0 Å². The molecule has 1 heterocycles. The highest BCUT2D eigenvalue weighted by molar-refractivity contribution is 5.69. The standard InChI is InChI=1S/C19H24N2/c1-15-6-4-5-7-19(15)16-8-10-17(11-9-16)21-13-12-18(14-21)20(2)3/h4-11,18H,12-14H2,1-3H3. The number of benzene rings is 2. The number of rotatable bonds is 3. The molecule has 1 fully saturated rings. The molecule has 0 bridgehead atoms. The van der Waals surface area contributed by atoms with Crippen molar-refractivity contribution in [3.05, 3.63) is 54.1 Å². The Hall–Kier alpha value is -1.80. The van der Waals surface area contributed by atoms with E-state index in [9.17, 15) is 0 Å². The first-order valence-electron chi connectivity index (χ1n) is 7.72. The monoisotopic (exact) mass is 280 g/mol. The van der Waals surface area contributed by atoms with Gasteiger partial charge >= 0.3 is 0 Å². The van der Waals surface area contributed by atoms with Crippen molar-refractivity contribution in [2.75, 3.05) is 32.1 Å². The second kappa shape index (κ2) is 5.90. The summed E-state index contributed by atoms with van der Waals surface area (Å²) in [6.45, 7) is 4.47. The summed E-state index contributed by atoms with van der Waals surface area (Å²) < 4.78 is 0. The number of likely N-dealkylation sites (N-methyl/N-ethyl adjacent to an activating group) is 1. The third-order valence-corrected chi connectivity index (χ3v) is 4.58. The van der Waals surface area contributed by atoms with Crippen LogP contribution in [0.25, 0.3) is 11.1 Å². The third-order valence-electron chi connectivity index (χ3n) is 4.58. The first-order chi connectivity index (χ1) is 10.1. The summed E-state index contributed by atoms with van der Waals surface area (Å²) in [4.78, 5) is 4.83. The van der Waals surface area contributed by atoms with Crippen molar-refractivity contribution in [3.8, 4) is 11.1 Å². The molecule has 110 valence electrons. The number of anilines is 1. The number of hydrogen-bond donors (Lipinski definition) is 0. The van der Waals surface area contributed by atoms with Gasteiger partial charge in [-0.05, 0) is 56.3 Å². The molecule has 1 atom stereocenters. The Bertz CT molecular complexity index is 601. The molecule has 2 aromatic carbocycles. The zero-order chi connectivity index (χ0) is 14.8. The fraction of sp³-hybridized carbons (Fsp3) is 0.368. The number of nitrogens with zero attached hydrogens (tertiary/aromatic N) is 2. The molecule has 2 heteroatoms. The minimum Gasteiger partial charge on any atom is -0.370 e. The van der Waals surface area contributed by atoms with Crippen molar-refractivity contribution >= 4 is 5.69 Å². The summed E-state index contributed by atoms with van der Waals surface area (Å²) in [5.41, 5.74) is 5.31. The van der Waals surface area contributed by atoms with Crippen molar-refractivity contribution in [2.24, 2.45) is 0 Å². The average Bonchev–Trinajstić information content (AvgIpc) is 2.98. The van der Waals surface area contributed by atoms with Gasteiger partial charge in [-0.1, -0.05) is 36.4 Å². The van der Waals surface area contributed by atoms with Crippen LogP contribution in [0.15, 0.2) is 48.5 Å². The Balaban J connectivity index is 1.78. The van der Waals surface area contributed by atoms with E-state index in [1.165, 1.54) is 28.8 Å². The van der Waals surface area contributed by atoms with Crippen LogP contribution in [0.3, 0.4) is 0 Å². The zero-order valence-corrected chi connectivity index (χ0v) is 13.2. The molecule has 21 heavy (non-hydrogen) atoms. The van der Waals surface area contributed by atoms with Crippen LogP contribution in [0.4, 0.5) is 5.69 Å². The van der Waals surface area contributed by atoms with E-state index >= 15 is 0 Å². The van der Waals surface area contributed by atoms with E-state index in [4.69, 9.17) is 0 Å². The fourth-order valence-corrected chi connectivity index (χ4v) is 3.15. The fourth-order valence-electron chi connectivity index (χ4n) is 3.15. The second-order valence-corrected chi connectivity index (χ2v) is 6.21. The highest BCUT2D eigenvalue weighted by Gasteiger charge is 2.23. The smallest absolute Gasteiger partial charge is 0.0367 e. The molecular weight excluding hydrogens is 256 g/mol. The predicted octanol–water partition coefficient (Wildman–Crippen LogP) is 3.80. The van der Waals surface area contributed by atoms with Gasteiger partial charge in [-0.25, -0.2) is 0 Å². The molecule has 0 spiro atoms. The van der Waals surface area contributed by atoms with Crippen molar-refractivity contribution in [3.63, 3.8) is 0 Å². The lowest BCUT2D eigenvalue weighted by Crippen LogP contribution is -2.31. The third kappa shape index (κ3) is 2.96. The maximum atomic E-state index is 2.49. The average molecular weight is 280 g/mol. The Morgan fingerprint density at radius 1 is 1.00 bits per heavy atom. The molecule has 0 aliphatic carbocycles. The first kappa shape index (κ1) is 14.2. The van der Waals surface area contributed by atoms with Gasteiger partial charge in [-0.2, -0.15) is 0 Å². The summed E-state index contributed by atoms with van der Waals surface area (Å²) >= 11 is 0. The quantitative estimate of drug-likeness (QED) is 0.843. The van der Waals surface area contributed by atoms with Gasteiger partial charge in [0.1, 0.15) is 0 Å². The topological polar surface area (TPSA) is 6.48 Å². The highest BCUT2D eigenvalue weighted by atomic mass is 15.2. The Kier molecular flexibility index (Phi) is 3.98. The van der Waals surface area contributed by atoms with Gasteiger partial charge in [0, 0.05) is 24.8 Å². The van der Waals surface area contributed by atoms with Gasteiger partial charge in [-0.3, -0.25) is 0 Å². The highest BCUT2D eigenvalue weighted by Crippen LogP contribution is 2.27. The molecule has 1 saturated heterocycles. The van der Waals surface area contributed by atoms with Gasteiger partial charge in [0.2, 0.25) is 0 Å². The molecule has 0 saturated carbocycles. The maximum absolute atomic E-state index is 2.49. The summed E-state index contributed by atoms with van der Waals surface area (Å²) in [5, 5.41) is 0. The van der Waals surface area contributed by atoms with Crippen molar-refractivity contribution in [1.82, 2.24) is 4.90 Å². The predicted molar refractivity (Wildman–Crippen MR) is 90.9 cm³/mol. The minimum absolute atomic E-state index is 0.682. The lowest BCUT2D eigenvalue weighted by Gasteiger charge is -2.22. The van der Waals surface area contributed by atoms with E-state index in [1.807, 2.05) is 0 Å². The van der Waals surface area contributed by atoms with Gasteiger partial charge in [-0.15, -0.1) is 0 Å². The van der Waals surface area contributed by atoms with Crippen LogP contribution in [0.2, 0.25) is 0 Å². The van der Waals surface area contributed by atoms with Gasteiger partial charge in [0.25, 0.3) is 0 Å². The van der Waals surface area contributed by atoms with E-state index in [2.05, 4.69) is 79.3 Å². The second-order valence-electron chi connectivity index (χ2n) is 6.21. The van der Waals surface area contributed by atoms with Crippen LogP contribution in [0, 0.1) is 6.92 Å². The molecule has 2 aromatic rings. The Labute approximate surface area is 128 Å². The molecular formula is C19H24N2. The van der Waals surface area contributed by atoms with Crippen LogP contribution in [0.5, 0.6) is 0 Å². The van der Waals surface area contributed by atoms with Crippen LogP contribution in [-0.2, 0) is 0 Å². The summed E-state index contributed by atoms with van der Waals surface area (Å²) in [6, 6.07) is 18.3. The van der Waals surface area contributed by atoms with Crippen LogP contribution in [0.1, 0.15) is 12.0 Å².